The lowest BCUT2D eigenvalue weighted by atomic mass is 9.95. The van der Waals surface area contributed by atoms with Gasteiger partial charge in [0.2, 0.25) is 0 Å². The minimum Gasteiger partial charge on any atom is -0.267 e. The molecule has 0 spiro atoms. The molecule has 0 aromatic heterocycles. The van der Waals surface area contributed by atoms with Crippen molar-refractivity contribution in [2.45, 2.75) is 0 Å². The minimum absolute atomic E-state index is 0.202. The Kier molecular flexibility index (Phi) is 1.67. The molecule has 1 aliphatic carbocycles. The average molecular weight is 170 g/mol. The number of amides is 1. The van der Waals surface area contributed by atoms with Gasteiger partial charge in [-0.2, -0.15) is 5.26 Å². The van der Waals surface area contributed by atoms with Gasteiger partial charge in [-0.3, -0.25) is 4.79 Å². The molecule has 2 aliphatic rings. The van der Waals surface area contributed by atoms with Gasteiger partial charge >= 0.3 is 0 Å². The second kappa shape index (κ2) is 2.83. The lowest BCUT2D eigenvalue weighted by molar-refractivity contribution is -0.113. The summed E-state index contributed by atoms with van der Waals surface area (Å²) in [4.78, 5) is 14.7. The van der Waals surface area contributed by atoms with E-state index in [1.54, 1.807) is 24.3 Å². The highest BCUT2D eigenvalue weighted by Gasteiger charge is 2.14. The first kappa shape index (κ1) is 7.69. The summed E-state index contributed by atoms with van der Waals surface area (Å²) in [7, 11) is 0. The van der Waals surface area contributed by atoms with Crippen LogP contribution in [0.2, 0.25) is 0 Å². The van der Waals surface area contributed by atoms with Crippen molar-refractivity contribution < 1.29 is 4.79 Å². The number of fused-ring (bicyclic) bond motifs is 1. The van der Waals surface area contributed by atoms with Gasteiger partial charge in [-0.05, 0) is 17.7 Å². The standard InChI is InChI=1S/C10H6N2O/c11-6-7-1-3-9-8(5-7)2-4-10(13)12-9/h1-5,7H. The summed E-state index contributed by atoms with van der Waals surface area (Å²) >= 11 is 0. The summed E-state index contributed by atoms with van der Waals surface area (Å²) in [6.07, 6.45) is 8.34. The zero-order chi connectivity index (χ0) is 9.26. The number of carbonyl (C=O) groups is 1. The largest absolute Gasteiger partial charge is 0.270 e. The molecule has 0 saturated heterocycles. The third kappa shape index (κ3) is 1.34. The number of aliphatic imine (C=N–C) groups is 1. The van der Waals surface area contributed by atoms with E-state index in [9.17, 15) is 4.79 Å². The van der Waals surface area contributed by atoms with Gasteiger partial charge in [0.25, 0.3) is 5.91 Å². The lowest BCUT2D eigenvalue weighted by Crippen LogP contribution is -2.11. The lowest BCUT2D eigenvalue weighted by Gasteiger charge is -2.12. The highest BCUT2D eigenvalue weighted by molar-refractivity contribution is 6.19. The molecule has 0 fully saturated rings. The number of nitriles is 1. The van der Waals surface area contributed by atoms with Crippen LogP contribution in [-0.4, -0.2) is 11.6 Å². The molecule has 0 bridgehead atoms. The van der Waals surface area contributed by atoms with Gasteiger partial charge < -0.3 is 0 Å². The predicted octanol–water partition coefficient (Wildman–Crippen LogP) is 1.16. The molecule has 1 unspecified atom stereocenters. The van der Waals surface area contributed by atoms with Gasteiger partial charge in [0.1, 0.15) is 0 Å². The number of hydrogen-bond acceptors (Lipinski definition) is 2. The number of dihydropyridines is 1. The summed E-state index contributed by atoms with van der Waals surface area (Å²) in [5.41, 5.74) is 1.51. The molecule has 3 nitrogen and oxygen atoms in total. The molecule has 0 radical (unpaired) electrons. The van der Waals surface area contributed by atoms with Crippen molar-refractivity contribution in [2.24, 2.45) is 10.9 Å². The van der Waals surface area contributed by atoms with E-state index >= 15 is 0 Å². The fourth-order valence-corrected chi connectivity index (χ4v) is 1.27. The summed E-state index contributed by atoms with van der Waals surface area (Å²) in [6, 6.07) is 2.11. The van der Waals surface area contributed by atoms with Crippen LogP contribution in [0.5, 0.6) is 0 Å². The number of carbonyl (C=O) groups excluding carboxylic acids is 1. The average Bonchev–Trinajstić information content (AvgIpc) is 2.17. The summed E-state index contributed by atoms with van der Waals surface area (Å²) in [5.74, 6) is -0.445. The van der Waals surface area contributed by atoms with E-state index in [0.29, 0.717) is 5.71 Å². The predicted molar refractivity (Wildman–Crippen MR) is 47.9 cm³/mol. The maximum absolute atomic E-state index is 10.9. The monoisotopic (exact) mass is 170 g/mol. The molecule has 0 aromatic rings. The number of allylic oxidation sites excluding steroid dienone is 5. The van der Waals surface area contributed by atoms with Gasteiger partial charge in [-0.1, -0.05) is 12.2 Å². The van der Waals surface area contributed by atoms with Crippen LogP contribution >= 0.6 is 0 Å². The molecule has 62 valence electrons. The smallest absolute Gasteiger partial charge is 0.267 e. The van der Waals surface area contributed by atoms with E-state index in [0.717, 1.165) is 5.57 Å². The highest BCUT2D eigenvalue weighted by Crippen LogP contribution is 2.17. The van der Waals surface area contributed by atoms with Crippen LogP contribution in [0.25, 0.3) is 0 Å². The van der Waals surface area contributed by atoms with Crippen molar-refractivity contribution in [3.8, 4) is 6.07 Å². The van der Waals surface area contributed by atoms with Crippen LogP contribution in [0.1, 0.15) is 0 Å². The molecule has 1 amide bonds. The molecule has 1 heterocycles. The second-order valence-electron chi connectivity index (χ2n) is 2.80. The van der Waals surface area contributed by atoms with Crippen molar-refractivity contribution in [3.63, 3.8) is 0 Å². The van der Waals surface area contributed by atoms with Crippen molar-refractivity contribution in [1.29, 1.82) is 5.26 Å². The first-order valence-corrected chi connectivity index (χ1v) is 3.90. The normalized spacial score (nSPS) is 24.5. The fraction of sp³-hybridized carbons (Fsp3) is 0.100. The summed E-state index contributed by atoms with van der Waals surface area (Å²) in [6.45, 7) is 0. The van der Waals surface area contributed by atoms with Crippen LogP contribution in [0.3, 0.4) is 0 Å². The summed E-state index contributed by atoms with van der Waals surface area (Å²) < 4.78 is 0. The van der Waals surface area contributed by atoms with Crippen LogP contribution in [0.15, 0.2) is 40.9 Å². The Bertz CT molecular complexity index is 419. The molecular weight excluding hydrogens is 164 g/mol. The first-order valence-electron chi connectivity index (χ1n) is 3.90. The van der Waals surface area contributed by atoms with Crippen LogP contribution < -0.4 is 0 Å². The molecule has 0 N–H and O–H groups in total. The number of hydrogen-bond donors (Lipinski definition) is 0. The van der Waals surface area contributed by atoms with Gasteiger partial charge in [0.05, 0.1) is 17.7 Å². The third-order valence-corrected chi connectivity index (χ3v) is 1.90. The van der Waals surface area contributed by atoms with Crippen molar-refractivity contribution in [3.05, 3.63) is 36.0 Å². The Morgan fingerprint density at radius 3 is 3.00 bits per heavy atom. The second-order valence-corrected chi connectivity index (χ2v) is 2.80. The highest BCUT2D eigenvalue weighted by atomic mass is 16.1. The van der Waals surface area contributed by atoms with Crippen molar-refractivity contribution >= 4 is 11.6 Å². The van der Waals surface area contributed by atoms with Gasteiger partial charge in [-0.15, -0.1) is 0 Å². The number of nitrogens with zero attached hydrogens (tertiary/aromatic N) is 2. The van der Waals surface area contributed by atoms with Crippen molar-refractivity contribution in [1.82, 2.24) is 0 Å². The van der Waals surface area contributed by atoms with E-state index in [2.05, 4.69) is 11.1 Å². The Morgan fingerprint density at radius 2 is 2.23 bits per heavy atom. The van der Waals surface area contributed by atoms with E-state index in [1.165, 1.54) is 6.08 Å². The van der Waals surface area contributed by atoms with Gasteiger partial charge in [-0.25, -0.2) is 4.99 Å². The number of rotatable bonds is 0. The fourth-order valence-electron chi connectivity index (χ4n) is 1.27. The maximum atomic E-state index is 10.9. The van der Waals surface area contributed by atoms with Gasteiger partial charge in [0.15, 0.2) is 0 Å². The van der Waals surface area contributed by atoms with E-state index < -0.39 is 0 Å². The van der Waals surface area contributed by atoms with Crippen LogP contribution in [0.4, 0.5) is 0 Å². The molecule has 1 atom stereocenters. The minimum atomic E-state index is -0.243. The Morgan fingerprint density at radius 1 is 1.38 bits per heavy atom. The zero-order valence-electron chi connectivity index (χ0n) is 6.77. The quantitative estimate of drug-likeness (QED) is 0.547. The van der Waals surface area contributed by atoms with Crippen molar-refractivity contribution in [2.75, 3.05) is 0 Å². The SMILES string of the molecule is N#CC1C=CC2=NC(=O)C=CC2=C1. The Balaban J connectivity index is 2.40. The topological polar surface area (TPSA) is 53.2 Å². The van der Waals surface area contributed by atoms with E-state index in [4.69, 9.17) is 5.26 Å². The molecule has 1 aliphatic heterocycles. The molecule has 3 heteroatoms. The molecule has 0 aromatic carbocycles. The zero-order valence-corrected chi connectivity index (χ0v) is 6.77. The molecular formula is C10H6N2O. The van der Waals surface area contributed by atoms with Gasteiger partial charge in [0, 0.05) is 6.08 Å². The Labute approximate surface area is 75.4 Å². The molecule has 2 rings (SSSR count). The molecule has 0 saturated carbocycles. The van der Waals surface area contributed by atoms with E-state index in [1.807, 2.05) is 0 Å². The Hall–Kier alpha value is -1.95. The van der Waals surface area contributed by atoms with Crippen LogP contribution in [0, 0.1) is 17.2 Å². The maximum Gasteiger partial charge on any atom is 0.270 e. The van der Waals surface area contributed by atoms with Crippen LogP contribution in [-0.2, 0) is 4.79 Å². The first-order chi connectivity index (χ1) is 6.29. The molecule has 13 heavy (non-hydrogen) atoms. The van der Waals surface area contributed by atoms with E-state index in [-0.39, 0.29) is 11.8 Å². The third-order valence-electron chi connectivity index (χ3n) is 1.90. The summed E-state index contributed by atoms with van der Waals surface area (Å²) in [5, 5.41) is 8.66.